The number of nitrogens with zero attached hydrogens (tertiary/aromatic N) is 4. The van der Waals surface area contributed by atoms with Crippen molar-refractivity contribution in [3.63, 3.8) is 0 Å². The number of fused-ring (bicyclic) bond motifs is 1. The van der Waals surface area contributed by atoms with Crippen LogP contribution in [0.1, 0.15) is 35.1 Å². The van der Waals surface area contributed by atoms with Gasteiger partial charge in [0.25, 0.3) is 5.91 Å². The molecular formula is C24H20N4O. The van der Waals surface area contributed by atoms with Crippen LogP contribution in [0.4, 0.5) is 0 Å². The molecule has 29 heavy (non-hydrogen) atoms. The number of amides is 1. The van der Waals surface area contributed by atoms with Crippen LogP contribution < -0.4 is 0 Å². The van der Waals surface area contributed by atoms with Gasteiger partial charge in [0.15, 0.2) is 5.82 Å². The third kappa shape index (κ3) is 3.36. The van der Waals surface area contributed by atoms with Gasteiger partial charge in [0.1, 0.15) is 5.69 Å². The van der Waals surface area contributed by atoms with Crippen molar-refractivity contribution in [3.05, 3.63) is 90.4 Å². The zero-order valence-corrected chi connectivity index (χ0v) is 15.9. The monoisotopic (exact) mass is 380 g/mol. The van der Waals surface area contributed by atoms with Crippen LogP contribution in [0.25, 0.3) is 22.3 Å². The number of likely N-dealkylation sites (tertiary alicyclic amines) is 1. The highest BCUT2D eigenvalue weighted by molar-refractivity contribution is 5.95. The summed E-state index contributed by atoms with van der Waals surface area (Å²) < 4.78 is 0. The second-order valence-corrected chi connectivity index (χ2v) is 7.22. The molecule has 5 heteroatoms. The van der Waals surface area contributed by atoms with Crippen molar-refractivity contribution in [2.75, 3.05) is 6.54 Å². The van der Waals surface area contributed by atoms with Gasteiger partial charge in [-0.3, -0.25) is 4.79 Å². The lowest BCUT2D eigenvalue weighted by Crippen LogP contribution is -2.31. The van der Waals surface area contributed by atoms with E-state index in [1.54, 1.807) is 6.20 Å². The van der Waals surface area contributed by atoms with Crippen LogP contribution in [0.15, 0.2) is 79.0 Å². The molecule has 1 aliphatic heterocycles. The molecule has 0 spiro atoms. The van der Waals surface area contributed by atoms with Crippen molar-refractivity contribution in [1.29, 1.82) is 0 Å². The Labute approximate surface area is 169 Å². The smallest absolute Gasteiger partial charge is 0.273 e. The van der Waals surface area contributed by atoms with Crippen LogP contribution in [0, 0.1) is 0 Å². The molecule has 5 rings (SSSR count). The lowest BCUT2D eigenvalue weighted by Gasteiger charge is -2.24. The van der Waals surface area contributed by atoms with E-state index in [-0.39, 0.29) is 11.9 Å². The topological polar surface area (TPSA) is 59.0 Å². The van der Waals surface area contributed by atoms with Gasteiger partial charge in [-0.15, -0.1) is 0 Å². The van der Waals surface area contributed by atoms with E-state index in [0.29, 0.717) is 18.1 Å². The van der Waals surface area contributed by atoms with Gasteiger partial charge >= 0.3 is 0 Å². The normalized spacial score (nSPS) is 16.3. The fourth-order valence-electron chi connectivity index (χ4n) is 3.93. The molecule has 3 heterocycles. The molecular weight excluding hydrogens is 360 g/mol. The van der Waals surface area contributed by atoms with Crippen molar-refractivity contribution in [3.8, 4) is 11.4 Å². The van der Waals surface area contributed by atoms with Crippen LogP contribution in [-0.4, -0.2) is 32.3 Å². The number of rotatable bonds is 3. The van der Waals surface area contributed by atoms with E-state index < -0.39 is 0 Å². The summed E-state index contributed by atoms with van der Waals surface area (Å²) in [5, 5.41) is 1.03. The van der Waals surface area contributed by atoms with Crippen molar-refractivity contribution in [2.24, 2.45) is 0 Å². The minimum atomic E-state index is -0.0544. The van der Waals surface area contributed by atoms with E-state index in [1.807, 2.05) is 77.7 Å². The molecule has 1 aliphatic rings. The highest BCUT2D eigenvalue weighted by atomic mass is 16.2. The number of benzene rings is 2. The molecule has 142 valence electrons. The zero-order valence-electron chi connectivity index (χ0n) is 15.9. The fourth-order valence-corrected chi connectivity index (χ4v) is 3.93. The summed E-state index contributed by atoms with van der Waals surface area (Å²) in [4.78, 5) is 28.9. The molecule has 0 radical (unpaired) electrons. The molecule has 1 saturated heterocycles. The number of aromatic nitrogens is 3. The van der Waals surface area contributed by atoms with E-state index in [9.17, 15) is 4.79 Å². The second-order valence-electron chi connectivity index (χ2n) is 7.22. The fraction of sp³-hybridized carbons (Fsp3) is 0.167. The van der Waals surface area contributed by atoms with Crippen LogP contribution >= 0.6 is 0 Å². The van der Waals surface area contributed by atoms with Gasteiger partial charge in [0.05, 0.1) is 17.3 Å². The average molecular weight is 380 g/mol. The number of hydrogen-bond donors (Lipinski definition) is 0. The molecule has 0 aliphatic carbocycles. The predicted octanol–water partition coefficient (Wildman–Crippen LogP) is 4.67. The van der Waals surface area contributed by atoms with E-state index in [0.717, 1.165) is 35.0 Å². The number of pyridine rings is 1. The van der Waals surface area contributed by atoms with Gasteiger partial charge in [-0.05, 0) is 31.0 Å². The first-order valence-electron chi connectivity index (χ1n) is 9.85. The Morgan fingerprint density at radius 2 is 1.72 bits per heavy atom. The van der Waals surface area contributed by atoms with Gasteiger partial charge < -0.3 is 4.90 Å². The molecule has 0 bridgehead atoms. The van der Waals surface area contributed by atoms with Crippen LogP contribution in [0.5, 0.6) is 0 Å². The maximum absolute atomic E-state index is 13.2. The van der Waals surface area contributed by atoms with Gasteiger partial charge in [-0.25, -0.2) is 15.0 Å². The van der Waals surface area contributed by atoms with E-state index in [2.05, 4.69) is 9.97 Å². The largest absolute Gasteiger partial charge is 0.329 e. The first-order chi connectivity index (χ1) is 14.3. The highest BCUT2D eigenvalue weighted by Crippen LogP contribution is 2.32. The molecule has 2 aromatic heterocycles. The molecule has 1 atom stereocenters. The zero-order chi connectivity index (χ0) is 19.6. The van der Waals surface area contributed by atoms with Crippen molar-refractivity contribution < 1.29 is 4.79 Å². The molecule has 1 fully saturated rings. The summed E-state index contributed by atoms with van der Waals surface area (Å²) in [6.07, 6.45) is 3.62. The first kappa shape index (κ1) is 17.5. The number of hydrogen-bond acceptors (Lipinski definition) is 4. The van der Waals surface area contributed by atoms with Crippen molar-refractivity contribution >= 4 is 16.8 Å². The molecule has 0 N–H and O–H groups in total. The van der Waals surface area contributed by atoms with E-state index >= 15 is 0 Å². The minimum Gasteiger partial charge on any atom is -0.329 e. The summed E-state index contributed by atoms with van der Waals surface area (Å²) in [6.45, 7) is 0.711. The maximum atomic E-state index is 13.2. The summed E-state index contributed by atoms with van der Waals surface area (Å²) in [5.74, 6) is 0.643. The second kappa shape index (κ2) is 7.43. The Balaban J connectivity index is 1.46. The summed E-state index contributed by atoms with van der Waals surface area (Å²) in [7, 11) is 0. The van der Waals surface area contributed by atoms with Crippen LogP contribution in [0.3, 0.4) is 0 Å². The quantitative estimate of drug-likeness (QED) is 0.518. The Bertz CT molecular complexity index is 1180. The maximum Gasteiger partial charge on any atom is 0.273 e. The molecule has 2 aromatic carbocycles. The average Bonchev–Trinajstić information content (AvgIpc) is 3.29. The summed E-state index contributed by atoms with van der Waals surface area (Å²) in [5.41, 5.74) is 3.17. The molecule has 1 unspecified atom stereocenters. The third-order valence-corrected chi connectivity index (χ3v) is 5.38. The predicted molar refractivity (Wildman–Crippen MR) is 112 cm³/mol. The highest BCUT2D eigenvalue weighted by Gasteiger charge is 2.32. The lowest BCUT2D eigenvalue weighted by molar-refractivity contribution is 0.0727. The van der Waals surface area contributed by atoms with Gasteiger partial charge in [-0.2, -0.15) is 0 Å². The molecule has 1 amide bonds. The lowest BCUT2D eigenvalue weighted by atomic mass is 10.1. The van der Waals surface area contributed by atoms with Crippen LogP contribution in [0.2, 0.25) is 0 Å². The Morgan fingerprint density at radius 1 is 0.897 bits per heavy atom. The SMILES string of the molecule is O=C(c1ccc2ccccc2n1)N1CCCC1c1ccnc(-c2ccccc2)n1. The van der Waals surface area contributed by atoms with Gasteiger partial charge in [0, 0.05) is 23.7 Å². The summed E-state index contributed by atoms with van der Waals surface area (Å²) in [6, 6.07) is 23.4. The molecule has 5 nitrogen and oxygen atoms in total. The third-order valence-electron chi connectivity index (χ3n) is 5.38. The van der Waals surface area contributed by atoms with Gasteiger partial charge in [-0.1, -0.05) is 54.6 Å². The van der Waals surface area contributed by atoms with Crippen molar-refractivity contribution in [1.82, 2.24) is 19.9 Å². The summed E-state index contributed by atoms with van der Waals surface area (Å²) >= 11 is 0. The minimum absolute atomic E-state index is 0.0434. The van der Waals surface area contributed by atoms with E-state index in [4.69, 9.17) is 4.98 Å². The molecule has 4 aromatic rings. The van der Waals surface area contributed by atoms with E-state index in [1.165, 1.54) is 0 Å². The Kier molecular flexibility index (Phi) is 4.48. The Hall–Kier alpha value is -3.60. The van der Waals surface area contributed by atoms with Crippen molar-refractivity contribution in [2.45, 2.75) is 18.9 Å². The molecule has 0 saturated carbocycles. The number of carbonyl (C=O) groups is 1. The number of carbonyl (C=O) groups excluding carboxylic acids is 1. The first-order valence-corrected chi connectivity index (χ1v) is 9.85. The Morgan fingerprint density at radius 3 is 2.62 bits per heavy atom. The van der Waals surface area contributed by atoms with Gasteiger partial charge in [0.2, 0.25) is 0 Å². The number of para-hydroxylation sites is 1. The standard InChI is InChI=1S/C24H20N4O/c29-24(21-13-12-17-7-4-5-10-19(17)26-21)28-16-6-11-22(28)20-14-15-25-23(27-20)18-8-2-1-3-9-18/h1-5,7-10,12-15,22H,6,11,16H2. The van der Waals surface area contributed by atoms with Crippen LogP contribution in [-0.2, 0) is 0 Å².